The molecular weight excluding hydrogens is 324 g/mol. The predicted molar refractivity (Wildman–Crippen MR) is 91.5 cm³/mol. The average molecular weight is 344 g/mol. The first kappa shape index (κ1) is 17.2. The number of rotatable bonds is 2. The zero-order valence-corrected chi connectivity index (χ0v) is 14.5. The molecule has 25 heavy (non-hydrogen) atoms. The Morgan fingerprint density at radius 1 is 1.24 bits per heavy atom. The molecule has 6 nitrogen and oxygen atoms in total. The molecule has 1 aromatic heterocycles. The Bertz CT molecular complexity index is 917. The summed E-state index contributed by atoms with van der Waals surface area (Å²) in [5.41, 5.74) is -0.136. The highest BCUT2D eigenvalue weighted by Gasteiger charge is 2.46. The Morgan fingerprint density at radius 2 is 1.92 bits per heavy atom. The van der Waals surface area contributed by atoms with Gasteiger partial charge in [-0.15, -0.1) is 0 Å². The standard InChI is InChI=1S/C19H20O6/c1-10(2)9-14(21)24-17-15-12(25-19(3,4)18(17)22)7-5-11-6-8-13(20)23-16(11)15/h5-9,17-18,22H,1-4H3/t17-,18-/m0/s1. The fourth-order valence-electron chi connectivity index (χ4n) is 2.88. The highest BCUT2D eigenvalue weighted by atomic mass is 16.6. The molecule has 2 heterocycles. The van der Waals surface area contributed by atoms with Crippen molar-refractivity contribution < 1.29 is 23.8 Å². The number of ether oxygens (including phenoxy) is 2. The van der Waals surface area contributed by atoms with Crippen molar-refractivity contribution in [2.75, 3.05) is 0 Å². The van der Waals surface area contributed by atoms with Gasteiger partial charge in [0, 0.05) is 17.5 Å². The van der Waals surface area contributed by atoms with Crippen LogP contribution in [0.3, 0.4) is 0 Å². The minimum atomic E-state index is -1.13. The van der Waals surface area contributed by atoms with Crippen molar-refractivity contribution >= 4 is 16.9 Å². The Kier molecular flexibility index (Phi) is 4.16. The summed E-state index contributed by atoms with van der Waals surface area (Å²) in [7, 11) is 0. The van der Waals surface area contributed by atoms with Gasteiger partial charge < -0.3 is 19.0 Å². The molecule has 0 saturated carbocycles. The van der Waals surface area contributed by atoms with Crippen molar-refractivity contribution in [1.29, 1.82) is 0 Å². The number of aliphatic hydroxyl groups excluding tert-OH is 1. The van der Waals surface area contributed by atoms with Crippen molar-refractivity contribution in [3.8, 4) is 5.75 Å². The van der Waals surface area contributed by atoms with E-state index in [1.807, 2.05) is 0 Å². The second-order valence-electron chi connectivity index (χ2n) is 6.88. The quantitative estimate of drug-likeness (QED) is 0.512. The van der Waals surface area contributed by atoms with Crippen LogP contribution in [0.2, 0.25) is 0 Å². The molecule has 0 aliphatic carbocycles. The molecule has 2 aromatic rings. The number of hydrogen-bond donors (Lipinski definition) is 1. The van der Waals surface area contributed by atoms with E-state index in [9.17, 15) is 14.7 Å². The smallest absolute Gasteiger partial charge is 0.336 e. The highest BCUT2D eigenvalue weighted by molar-refractivity contribution is 5.85. The number of hydrogen-bond acceptors (Lipinski definition) is 6. The largest absolute Gasteiger partial charge is 0.484 e. The van der Waals surface area contributed by atoms with Crippen LogP contribution in [0.5, 0.6) is 5.75 Å². The third kappa shape index (κ3) is 3.17. The number of allylic oxidation sites excluding steroid dienone is 1. The monoisotopic (exact) mass is 344 g/mol. The molecule has 0 bridgehead atoms. The molecule has 0 saturated heterocycles. The van der Waals surface area contributed by atoms with Crippen molar-refractivity contribution in [3.05, 3.63) is 51.9 Å². The van der Waals surface area contributed by atoms with E-state index in [2.05, 4.69) is 0 Å². The van der Waals surface area contributed by atoms with Crippen molar-refractivity contribution in [3.63, 3.8) is 0 Å². The molecule has 2 atom stereocenters. The minimum absolute atomic E-state index is 0.245. The van der Waals surface area contributed by atoms with Gasteiger partial charge in [-0.1, -0.05) is 5.57 Å². The molecule has 1 N–H and O–H groups in total. The van der Waals surface area contributed by atoms with E-state index in [0.29, 0.717) is 16.7 Å². The van der Waals surface area contributed by atoms with Gasteiger partial charge >= 0.3 is 11.6 Å². The zero-order chi connectivity index (χ0) is 18.4. The third-order valence-corrected chi connectivity index (χ3v) is 4.09. The Balaban J connectivity index is 2.20. The summed E-state index contributed by atoms with van der Waals surface area (Å²) in [5.74, 6) is -0.171. The fraction of sp³-hybridized carbons (Fsp3) is 0.368. The first-order valence-electron chi connectivity index (χ1n) is 7.98. The van der Waals surface area contributed by atoms with Crippen LogP contribution < -0.4 is 10.4 Å². The van der Waals surface area contributed by atoms with Gasteiger partial charge in [-0.25, -0.2) is 9.59 Å². The number of carbonyl (C=O) groups excluding carboxylic acids is 1. The fourth-order valence-corrected chi connectivity index (χ4v) is 2.88. The van der Waals surface area contributed by atoms with E-state index in [-0.39, 0.29) is 5.58 Å². The Hall–Kier alpha value is -2.60. The van der Waals surface area contributed by atoms with Gasteiger partial charge in [0.25, 0.3) is 0 Å². The van der Waals surface area contributed by atoms with Crippen LogP contribution in [0.1, 0.15) is 39.4 Å². The van der Waals surface area contributed by atoms with E-state index in [1.54, 1.807) is 45.9 Å². The van der Waals surface area contributed by atoms with Gasteiger partial charge in [-0.2, -0.15) is 0 Å². The maximum absolute atomic E-state index is 12.1. The van der Waals surface area contributed by atoms with E-state index < -0.39 is 29.4 Å². The summed E-state index contributed by atoms with van der Waals surface area (Å²) >= 11 is 0. The zero-order valence-electron chi connectivity index (χ0n) is 14.5. The maximum Gasteiger partial charge on any atom is 0.336 e. The molecule has 0 amide bonds. The van der Waals surface area contributed by atoms with E-state index >= 15 is 0 Å². The molecule has 3 rings (SSSR count). The Morgan fingerprint density at radius 3 is 2.60 bits per heavy atom. The normalized spacial score (nSPS) is 21.2. The van der Waals surface area contributed by atoms with E-state index in [0.717, 1.165) is 5.57 Å². The van der Waals surface area contributed by atoms with Gasteiger partial charge in [-0.05, 0) is 45.9 Å². The summed E-state index contributed by atoms with van der Waals surface area (Å²) < 4.78 is 16.7. The number of aliphatic hydroxyl groups is 1. The molecule has 0 radical (unpaired) electrons. The lowest BCUT2D eigenvalue weighted by Gasteiger charge is -2.41. The summed E-state index contributed by atoms with van der Waals surface area (Å²) in [6.07, 6.45) is -0.808. The number of esters is 1. The van der Waals surface area contributed by atoms with Gasteiger partial charge in [0.05, 0.1) is 5.56 Å². The molecule has 0 fully saturated rings. The van der Waals surface area contributed by atoms with Crippen molar-refractivity contribution in [1.82, 2.24) is 0 Å². The summed E-state index contributed by atoms with van der Waals surface area (Å²) in [5, 5.41) is 11.4. The van der Waals surface area contributed by atoms with Crippen LogP contribution in [0.4, 0.5) is 0 Å². The van der Waals surface area contributed by atoms with Crippen molar-refractivity contribution in [2.24, 2.45) is 0 Å². The van der Waals surface area contributed by atoms with Crippen LogP contribution in [0.25, 0.3) is 11.0 Å². The van der Waals surface area contributed by atoms with Crippen LogP contribution in [-0.2, 0) is 9.53 Å². The van der Waals surface area contributed by atoms with Gasteiger partial charge in [-0.3, -0.25) is 0 Å². The number of carbonyl (C=O) groups is 1. The second kappa shape index (κ2) is 6.04. The predicted octanol–water partition coefficient (Wildman–Crippen LogP) is 2.88. The average Bonchev–Trinajstić information content (AvgIpc) is 2.50. The molecule has 1 aromatic carbocycles. The summed E-state index contributed by atoms with van der Waals surface area (Å²) in [4.78, 5) is 23.8. The van der Waals surface area contributed by atoms with Gasteiger partial charge in [0.2, 0.25) is 0 Å². The molecule has 1 aliphatic heterocycles. The van der Waals surface area contributed by atoms with Gasteiger partial charge in [0.15, 0.2) is 6.10 Å². The highest BCUT2D eigenvalue weighted by Crippen LogP contribution is 2.45. The lowest BCUT2D eigenvalue weighted by molar-refractivity contribution is -0.164. The molecular formula is C19H20O6. The lowest BCUT2D eigenvalue weighted by Crippen LogP contribution is -2.49. The summed E-state index contributed by atoms with van der Waals surface area (Å²) in [6.45, 7) is 6.95. The Labute approximate surface area is 144 Å². The topological polar surface area (TPSA) is 86.0 Å². The first-order valence-corrected chi connectivity index (χ1v) is 7.98. The van der Waals surface area contributed by atoms with Gasteiger partial charge in [0.1, 0.15) is 23.0 Å². The van der Waals surface area contributed by atoms with E-state index in [4.69, 9.17) is 13.9 Å². The van der Waals surface area contributed by atoms with Crippen LogP contribution in [-0.4, -0.2) is 22.8 Å². The van der Waals surface area contributed by atoms with Crippen molar-refractivity contribution in [2.45, 2.75) is 45.5 Å². The molecule has 1 aliphatic rings. The SMILES string of the molecule is CC(C)=CC(=O)O[C@H]1c2c(ccc3ccc(=O)oc23)OC(C)(C)[C@H]1O. The molecule has 0 spiro atoms. The molecule has 0 unspecified atom stereocenters. The molecule has 132 valence electrons. The van der Waals surface area contributed by atoms with Crippen LogP contribution in [0.15, 0.2) is 45.1 Å². The lowest BCUT2D eigenvalue weighted by atomic mass is 9.87. The number of fused-ring (bicyclic) bond motifs is 3. The summed E-state index contributed by atoms with van der Waals surface area (Å²) in [6, 6.07) is 6.39. The maximum atomic E-state index is 12.1. The number of benzene rings is 1. The third-order valence-electron chi connectivity index (χ3n) is 4.09. The van der Waals surface area contributed by atoms with Crippen LogP contribution >= 0.6 is 0 Å². The molecule has 6 heteroatoms. The first-order chi connectivity index (χ1) is 11.7. The minimum Gasteiger partial charge on any atom is -0.484 e. The second-order valence-corrected chi connectivity index (χ2v) is 6.88. The van der Waals surface area contributed by atoms with Crippen LogP contribution in [0, 0.1) is 0 Å². The van der Waals surface area contributed by atoms with E-state index in [1.165, 1.54) is 12.1 Å².